The summed E-state index contributed by atoms with van der Waals surface area (Å²) in [5.41, 5.74) is 4.66. The van der Waals surface area contributed by atoms with E-state index >= 15 is 0 Å². The fourth-order valence-electron chi connectivity index (χ4n) is 8.70. The molecule has 6 aromatic carbocycles. The molecule has 74 heavy (non-hydrogen) atoms. The lowest BCUT2D eigenvalue weighted by atomic mass is 9.84. The first-order valence-electron chi connectivity index (χ1n) is 22.8. The van der Waals surface area contributed by atoms with Gasteiger partial charge in [-0.15, -0.1) is 0 Å². The number of anilines is 1. The number of carboxylic acids is 6. The van der Waals surface area contributed by atoms with Gasteiger partial charge in [0.25, 0.3) is 0 Å². The van der Waals surface area contributed by atoms with Gasteiger partial charge in [0, 0.05) is 43.3 Å². The average molecular weight is 1010 g/mol. The van der Waals surface area contributed by atoms with Crippen molar-refractivity contribution in [2.45, 2.75) is 0 Å². The van der Waals surface area contributed by atoms with Gasteiger partial charge in [0.2, 0.25) is 11.5 Å². The van der Waals surface area contributed by atoms with Gasteiger partial charge < -0.3 is 50.4 Å². The van der Waals surface area contributed by atoms with Crippen molar-refractivity contribution >= 4 is 79.9 Å². The number of nitrogens with zero attached hydrogens (tertiary/aromatic N) is 3. The third-order valence-electron chi connectivity index (χ3n) is 11.7. The second-order valence-electron chi connectivity index (χ2n) is 17.1. The van der Waals surface area contributed by atoms with E-state index < -0.39 is 93.2 Å². The number of nitrogens with one attached hydrogen (secondary N) is 2. The maximum atomic E-state index is 13.5. The summed E-state index contributed by atoms with van der Waals surface area (Å²) < 4.78 is 10.8. The number of carbonyl (C=O) groups is 7. The molecule has 21 nitrogen and oxygen atoms in total. The summed E-state index contributed by atoms with van der Waals surface area (Å²) in [6, 6.07) is 34.1. The Balaban J connectivity index is 1.21. The van der Waals surface area contributed by atoms with E-state index in [9.17, 15) is 63.9 Å². The maximum absolute atomic E-state index is 13.5. The van der Waals surface area contributed by atoms with Crippen molar-refractivity contribution in [3.05, 3.63) is 126 Å². The van der Waals surface area contributed by atoms with Crippen molar-refractivity contribution in [1.82, 2.24) is 19.7 Å². The predicted molar refractivity (Wildman–Crippen MR) is 271 cm³/mol. The summed E-state index contributed by atoms with van der Waals surface area (Å²) >= 11 is 0. The molecule has 0 saturated carbocycles. The van der Waals surface area contributed by atoms with Crippen LogP contribution < -0.4 is 20.3 Å². The van der Waals surface area contributed by atoms with Crippen LogP contribution in [0.15, 0.2) is 120 Å². The van der Waals surface area contributed by atoms with Gasteiger partial charge in [-0.25, -0.2) is 9.59 Å². The van der Waals surface area contributed by atoms with Crippen LogP contribution in [0.25, 0.3) is 65.8 Å². The number of aromatic amines is 1. The molecule has 21 heteroatoms. The lowest BCUT2D eigenvalue weighted by Crippen LogP contribution is -2.46. The number of ether oxygens (including phenoxy) is 2. The molecule has 7 aromatic rings. The monoisotopic (exact) mass is 1010 g/mol. The van der Waals surface area contributed by atoms with Crippen LogP contribution in [0.3, 0.4) is 0 Å². The summed E-state index contributed by atoms with van der Waals surface area (Å²) in [7, 11) is 0. The van der Waals surface area contributed by atoms with Crippen LogP contribution in [0.1, 0.15) is 0 Å². The van der Waals surface area contributed by atoms with Crippen LogP contribution in [-0.2, 0) is 33.6 Å². The van der Waals surface area contributed by atoms with Crippen LogP contribution in [0.2, 0.25) is 0 Å². The van der Waals surface area contributed by atoms with Crippen molar-refractivity contribution in [3.8, 4) is 44.9 Å². The van der Waals surface area contributed by atoms with Crippen LogP contribution in [0.5, 0.6) is 11.5 Å². The van der Waals surface area contributed by atoms with E-state index in [1.807, 2.05) is 66.7 Å². The molecule has 0 saturated heterocycles. The lowest BCUT2D eigenvalue weighted by molar-refractivity contribution is -0.143. The van der Waals surface area contributed by atoms with Crippen LogP contribution in [-0.4, -0.2) is 164 Å². The first kappa shape index (κ1) is 52.6. The molecule has 1 amide bonds. The minimum Gasteiger partial charge on any atom is -0.482 e. The molecule has 7 rings (SSSR count). The summed E-state index contributed by atoms with van der Waals surface area (Å²) in [6.07, 6.45) is 0. The minimum absolute atomic E-state index is 0.0663. The molecule has 8 N–H and O–H groups in total. The molecular formula is C53H49N5O16. The van der Waals surface area contributed by atoms with Crippen LogP contribution in [0.4, 0.5) is 5.69 Å². The zero-order valence-electron chi connectivity index (χ0n) is 39.4. The molecule has 0 aliphatic heterocycles. The van der Waals surface area contributed by atoms with Crippen molar-refractivity contribution in [2.24, 2.45) is 0 Å². The molecule has 0 atom stereocenters. The van der Waals surface area contributed by atoms with E-state index in [1.54, 1.807) is 42.5 Å². The van der Waals surface area contributed by atoms with E-state index in [0.29, 0.717) is 33.5 Å². The van der Waals surface area contributed by atoms with Crippen molar-refractivity contribution in [2.75, 3.05) is 77.4 Å². The Morgan fingerprint density at radius 1 is 0.446 bits per heavy atom. The number of aliphatic carboxylic acids is 6. The Kier molecular flexibility index (Phi) is 16.9. The number of aromatic nitrogens is 1. The summed E-state index contributed by atoms with van der Waals surface area (Å²) in [5.74, 6) is -7.20. The number of carboxylic acid groups (broad SMARTS) is 6. The standard InChI is InChI=1S/C53H49N5O16/c59-44-23-41(37-16-10-34(22-43(37)55-44)54-45(60)24-57(26-47(63)64)19-17-56(25-46(61)62)18-20-58(27-48(65)66)28-49(67)68)33-9-15-40-42(21-33)53(32-7-13-36(14-8-32)74-30-51(71)72)39-4-2-1-3-38(39)52(40)31-5-11-35(12-6-31)73-29-50(69)70/h1-16,21-23H,17-20,24-30H2,(H,54,60)(H,55,59)(H,61,62)(H,63,64)(H,65,66)(H,67,68)(H,69,70)(H,71,72). The molecule has 0 bridgehead atoms. The molecule has 1 aromatic heterocycles. The molecule has 0 fully saturated rings. The Bertz CT molecular complexity index is 3320. The highest BCUT2D eigenvalue weighted by Crippen LogP contribution is 2.45. The Morgan fingerprint density at radius 3 is 1.38 bits per heavy atom. The van der Waals surface area contributed by atoms with E-state index in [2.05, 4.69) is 10.3 Å². The predicted octanol–water partition coefficient (Wildman–Crippen LogP) is 4.95. The molecule has 1 heterocycles. The number of fused-ring (bicyclic) bond motifs is 3. The maximum Gasteiger partial charge on any atom is 0.341 e. The highest BCUT2D eigenvalue weighted by molar-refractivity contribution is 6.22. The first-order valence-corrected chi connectivity index (χ1v) is 22.8. The second-order valence-corrected chi connectivity index (χ2v) is 17.1. The highest BCUT2D eigenvalue weighted by Gasteiger charge is 2.22. The number of benzene rings is 6. The van der Waals surface area contributed by atoms with Crippen molar-refractivity contribution in [1.29, 1.82) is 0 Å². The molecule has 0 unspecified atom stereocenters. The zero-order chi connectivity index (χ0) is 53.1. The largest absolute Gasteiger partial charge is 0.482 e. The highest BCUT2D eigenvalue weighted by atomic mass is 16.5. The van der Waals surface area contributed by atoms with Gasteiger partial charge in [0.15, 0.2) is 13.2 Å². The first-order chi connectivity index (χ1) is 35.4. The molecule has 0 aliphatic rings. The van der Waals surface area contributed by atoms with Gasteiger partial charge in [-0.2, -0.15) is 0 Å². The Hall–Kier alpha value is -9.18. The number of hydrogen-bond acceptors (Lipinski definition) is 13. The average Bonchev–Trinajstić information content (AvgIpc) is 3.34. The quantitative estimate of drug-likeness (QED) is 0.0333. The van der Waals surface area contributed by atoms with E-state index in [1.165, 1.54) is 15.9 Å². The second kappa shape index (κ2) is 23.8. The fourth-order valence-corrected chi connectivity index (χ4v) is 8.70. The van der Waals surface area contributed by atoms with Crippen molar-refractivity contribution < 1.29 is 73.7 Å². The smallest absolute Gasteiger partial charge is 0.341 e. The van der Waals surface area contributed by atoms with Gasteiger partial charge >= 0.3 is 35.8 Å². The Morgan fingerprint density at radius 2 is 0.878 bits per heavy atom. The van der Waals surface area contributed by atoms with Gasteiger partial charge in [-0.1, -0.05) is 66.7 Å². The third kappa shape index (κ3) is 13.8. The molecule has 0 radical (unpaired) electrons. The SMILES string of the molecule is O=C(O)COc1ccc(-c2c3ccccc3c(-c3ccc(OCC(=O)O)cc3)c3cc(-c4cc(=O)[nH]c5cc(NC(=O)CN(CCN(CCN(CC(=O)O)CC(=O)O)CC(=O)O)CC(=O)O)ccc45)ccc23)cc1. The minimum atomic E-state index is -1.28. The molecule has 382 valence electrons. The number of rotatable bonds is 26. The Labute approximate surface area is 420 Å². The van der Waals surface area contributed by atoms with Crippen LogP contribution in [0, 0.1) is 0 Å². The molecule has 0 spiro atoms. The van der Waals surface area contributed by atoms with Crippen LogP contribution >= 0.6 is 0 Å². The zero-order valence-corrected chi connectivity index (χ0v) is 39.4. The summed E-state index contributed by atoms with van der Waals surface area (Å²) in [6.45, 7) is -4.17. The lowest BCUT2D eigenvalue weighted by Gasteiger charge is -2.27. The normalized spacial score (nSPS) is 11.3. The van der Waals surface area contributed by atoms with Gasteiger partial charge in [-0.3, -0.25) is 43.5 Å². The summed E-state index contributed by atoms with van der Waals surface area (Å²) in [4.78, 5) is 102. The number of hydrogen-bond donors (Lipinski definition) is 8. The van der Waals surface area contributed by atoms with E-state index in [-0.39, 0.29) is 31.9 Å². The topological polar surface area (TPSA) is 314 Å². The van der Waals surface area contributed by atoms with Gasteiger partial charge in [0.05, 0.1) is 38.2 Å². The number of H-pyrrole nitrogens is 1. The number of carbonyl (C=O) groups excluding carboxylic acids is 1. The van der Waals surface area contributed by atoms with Crippen molar-refractivity contribution in [3.63, 3.8) is 0 Å². The summed E-state index contributed by atoms with van der Waals surface area (Å²) in [5, 5.41) is 62.6. The van der Waals surface area contributed by atoms with Gasteiger partial charge in [-0.05, 0) is 97.4 Å². The number of pyridine rings is 1. The molecule has 0 aliphatic carbocycles. The molecular weight excluding hydrogens is 963 g/mol. The van der Waals surface area contributed by atoms with E-state index in [4.69, 9.17) is 14.6 Å². The van der Waals surface area contributed by atoms with E-state index in [0.717, 1.165) is 48.7 Å². The third-order valence-corrected chi connectivity index (χ3v) is 11.7. The fraction of sp³-hybridized carbons (Fsp3) is 0.208. The van der Waals surface area contributed by atoms with Gasteiger partial charge in [0.1, 0.15) is 11.5 Å². The number of amides is 1.